The highest BCUT2D eigenvalue weighted by molar-refractivity contribution is 7.93. The molecule has 0 N–H and O–H groups in total. The zero-order valence-corrected chi connectivity index (χ0v) is 10.9. The number of non-ortho nitro benzene ring substituents is 1. The SMILES string of the molecule is Cc1ncc(S(=O)(=O)c2ccc([N+](=O)[O-])cc2)s1. The van der Waals surface area contributed by atoms with Gasteiger partial charge in [-0.3, -0.25) is 10.1 Å². The molecule has 94 valence electrons. The van der Waals surface area contributed by atoms with Gasteiger partial charge in [-0.05, 0) is 19.1 Å². The third kappa shape index (κ3) is 2.24. The summed E-state index contributed by atoms with van der Waals surface area (Å²) in [6, 6.07) is 4.78. The van der Waals surface area contributed by atoms with E-state index in [4.69, 9.17) is 0 Å². The first-order valence-corrected chi connectivity index (χ1v) is 7.13. The van der Waals surface area contributed by atoms with Gasteiger partial charge in [0, 0.05) is 12.1 Å². The Hall–Kier alpha value is -1.80. The van der Waals surface area contributed by atoms with Gasteiger partial charge in [0.1, 0.15) is 4.21 Å². The fraction of sp³-hybridized carbons (Fsp3) is 0.100. The first kappa shape index (κ1) is 12.7. The monoisotopic (exact) mass is 284 g/mol. The minimum Gasteiger partial charge on any atom is -0.258 e. The molecule has 0 fully saturated rings. The lowest BCUT2D eigenvalue weighted by molar-refractivity contribution is -0.384. The van der Waals surface area contributed by atoms with E-state index in [2.05, 4.69) is 4.98 Å². The van der Waals surface area contributed by atoms with Crippen molar-refractivity contribution >= 4 is 26.9 Å². The van der Waals surface area contributed by atoms with Crippen LogP contribution >= 0.6 is 11.3 Å². The van der Waals surface area contributed by atoms with Crippen LogP contribution in [0.25, 0.3) is 0 Å². The van der Waals surface area contributed by atoms with Crippen molar-refractivity contribution in [3.8, 4) is 0 Å². The lowest BCUT2D eigenvalue weighted by atomic mass is 10.3. The minimum atomic E-state index is -3.63. The fourth-order valence-corrected chi connectivity index (χ4v) is 3.84. The Bertz CT molecular complexity index is 689. The largest absolute Gasteiger partial charge is 0.269 e. The number of sulfone groups is 1. The summed E-state index contributed by atoms with van der Waals surface area (Å²) in [6.45, 7) is 1.71. The lowest BCUT2D eigenvalue weighted by Crippen LogP contribution is -1.99. The Kier molecular flexibility index (Phi) is 3.14. The van der Waals surface area contributed by atoms with Gasteiger partial charge in [-0.15, -0.1) is 11.3 Å². The van der Waals surface area contributed by atoms with Crippen LogP contribution in [0.15, 0.2) is 39.6 Å². The van der Waals surface area contributed by atoms with Crippen LogP contribution in [-0.2, 0) is 9.84 Å². The van der Waals surface area contributed by atoms with Crippen LogP contribution in [0.5, 0.6) is 0 Å². The van der Waals surface area contributed by atoms with Crippen molar-refractivity contribution in [1.29, 1.82) is 0 Å². The van der Waals surface area contributed by atoms with Crippen LogP contribution in [0, 0.1) is 17.0 Å². The Morgan fingerprint density at radius 2 is 1.89 bits per heavy atom. The molecule has 0 aliphatic heterocycles. The van der Waals surface area contributed by atoms with Crippen molar-refractivity contribution in [3.05, 3.63) is 45.6 Å². The molecule has 0 unspecified atom stereocenters. The third-order valence-corrected chi connectivity index (χ3v) is 5.37. The molecule has 1 aromatic heterocycles. The molecule has 0 saturated carbocycles. The van der Waals surface area contributed by atoms with Crippen molar-refractivity contribution in [2.75, 3.05) is 0 Å². The highest BCUT2D eigenvalue weighted by Gasteiger charge is 2.21. The molecule has 2 aromatic rings. The van der Waals surface area contributed by atoms with Gasteiger partial charge in [-0.1, -0.05) is 0 Å². The van der Waals surface area contributed by atoms with E-state index >= 15 is 0 Å². The molecule has 0 aliphatic carbocycles. The molecular formula is C10H8N2O4S2. The summed E-state index contributed by atoms with van der Waals surface area (Å²) < 4.78 is 24.4. The number of benzene rings is 1. The molecule has 0 radical (unpaired) electrons. The van der Waals surface area contributed by atoms with Crippen LogP contribution in [-0.4, -0.2) is 18.3 Å². The number of hydrogen-bond acceptors (Lipinski definition) is 6. The molecule has 8 heteroatoms. The summed E-state index contributed by atoms with van der Waals surface area (Å²) in [4.78, 5) is 13.8. The second kappa shape index (κ2) is 4.46. The number of nitro benzene ring substituents is 1. The topological polar surface area (TPSA) is 90.2 Å². The molecule has 0 amide bonds. The van der Waals surface area contributed by atoms with Gasteiger partial charge in [0.15, 0.2) is 0 Å². The molecule has 2 rings (SSSR count). The number of aromatic nitrogens is 1. The molecule has 0 aliphatic rings. The van der Waals surface area contributed by atoms with Gasteiger partial charge in [0.25, 0.3) is 5.69 Å². The number of aryl methyl sites for hydroxylation is 1. The van der Waals surface area contributed by atoms with E-state index in [0.717, 1.165) is 11.3 Å². The highest BCUT2D eigenvalue weighted by Crippen LogP contribution is 2.26. The van der Waals surface area contributed by atoms with Crippen molar-refractivity contribution in [1.82, 2.24) is 4.98 Å². The van der Waals surface area contributed by atoms with Gasteiger partial charge in [-0.2, -0.15) is 0 Å². The Labute approximate surface area is 107 Å². The maximum absolute atomic E-state index is 12.1. The molecule has 18 heavy (non-hydrogen) atoms. The first-order valence-electron chi connectivity index (χ1n) is 4.83. The average Bonchev–Trinajstić information content (AvgIpc) is 2.76. The van der Waals surface area contributed by atoms with Crippen molar-refractivity contribution in [2.24, 2.45) is 0 Å². The Balaban J connectivity index is 2.45. The zero-order valence-electron chi connectivity index (χ0n) is 9.23. The van der Waals surface area contributed by atoms with E-state index in [1.807, 2.05) is 0 Å². The van der Waals surface area contributed by atoms with Gasteiger partial charge in [0.05, 0.1) is 21.0 Å². The quantitative estimate of drug-likeness (QED) is 0.636. The summed E-state index contributed by atoms with van der Waals surface area (Å²) in [5.41, 5.74) is -0.144. The number of rotatable bonds is 3. The van der Waals surface area contributed by atoms with Gasteiger partial charge in [-0.25, -0.2) is 13.4 Å². The molecule has 6 nitrogen and oxygen atoms in total. The highest BCUT2D eigenvalue weighted by atomic mass is 32.2. The molecule has 0 bridgehead atoms. The minimum absolute atomic E-state index is 0.0248. The third-order valence-electron chi connectivity index (χ3n) is 2.22. The number of thiazole rings is 1. The fourth-order valence-electron chi connectivity index (χ4n) is 1.33. The van der Waals surface area contributed by atoms with E-state index in [0.29, 0.717) is 5.01 Å². The maximum atomic E-state index is 12.1. The van der Waals surface area contributed by atoms with Crippen LogP contribution < -0.4 is 0 Å². The summed E-state index contributed by atoms with van der Waals surface area (Å²) in [5, 5.41) is 11.1. The van der Waals surface area contributed by atoms with Gasteiger partial charge >= 0.3 is 0 Å². The van der Waals surface area contributed by atoms with E-state index in [9.17, 15) is 18.5 Å². The summed E-state index contributed by atoms with van der Waals surface area (Å²) in [5.74, 6) is 0. The second-order valence-electron chi connectivity index (χ2n) is 3.45. The number of nitrogens with zero attached hydrogens (tertiary/aromatic N) is 2. The van der Waals surface area contributed by atoms with Crippen LogP contribution in [0.3, 0.4) is 0 Å². The standard InChI is InChI=1S/C10H8N2O4S2/c1-7-11-6-10(17-7)18(15,16)9-4-2-8(3-5-9)12(13)14/h2-6H,1H3. The Morgan fingerprint density at radius 1 is 1.28 bits per heavy atom. The predicted molar refractivity (Wildman–Crippen MR) is 65.4 cm³/mol. The van der Waals surface area contributed by atoms with E-state index in [-0.39, 0.29) is 14.8 Å². The maximum Gasteiger partial charge on any atom is 0.269 e. The molecule has 0 saturated heterocycles. The smallest absolute Gasteiger partial charge is 0.258 e. The van der Waals surface area contributed by atoms with E-state index in [1.54, 1.807) is 6.92 Å². The van der Waals surface area contributed by atoms with Gasteiger partial charge in [0.2, 0.25) is 9.84 Å². The van der Waals surface area contributed by atoms with Gasteiger partial charge < -0.3 is 0 Å². The normalized spacial score (nSPS) is 11.4. The summed E-state index contributed by atoms with van der Waals surface area (Å²) in [6.07, 6.45) is 1.29. The van der Waals surface area contributed by atoms with Crippen LogP contribution in [0.1, 0.15) is 5.01 Å². The summed E-state index contributed by atoms with van der Waals surface area (Å²) >= 11 is 1.07. The number of hydrogen-bond donors (Lipinski definition) is 0. The van der Waals surface area contributed by atoms with Crippen LogP contribution in [0.4, 0.5) is 5.69 Å². The van der Waals surface area contributed by atoms with Crippen molar-refractivity contribution < 1.29 is 13.3 Å². The van der Waals surface area contributed by atoms with E-state index < -0.39 is 14.8 Å². The van der Waals surface area contributed by atoms with Crippen molar-refractivity contribution in [2.45, 2.75) is 16.0 Å². The predicted octanol–water partition coefficient (Wildman–Crippen LogP) is 2.19. The molecule has 1 aromatic carbocycles. The molecular weight excluding hydrogens is 276 g/mol. The Morgan fingerprint density at radius 3 is 2.33 bits per heavy atom. The molecule has 0 atom stereocenters. The second-order valence-corrected chi connectivity index (χ2v) is 6.86. The zero-order chi connectivity index (χ0) is 13.3. The number of nitro groups is 1. The van der Waals surface area contributed by atoms with E-state index in [1.165, 1.54) is 30.5 Å². The molecule has 1 heterocycles. The average molecular weight is 284 g/mol. The molecule has 0 spiro atoms. The lowest BCUT2D eigenvalue weighted by Gasteiger charge is -2.00. The first-order chi connectivity index (χ1) is 8.41. The van der Waals surface area contributed by atoms with Crippen molar-refractivity contribution in [3.63, 3.8) is 0 Å². The summed E-state index contributed by atoms with van der Waals surface area (Å²) in [7, 11) is -3.63. The van der Waals surface area contributed by atoms with Crippen LogP contribution in [0.2, 0.25) is 0 Å².